The Balaban J connectivity index is 0.00000256. The third kappa shape index (κ3) is 6.13. The van der Waals surface area contributed by atoms with Gasteiger partial charge in [-0.15, -0.1) is 0 Å². The maximum absolute atomic E-state index is 5.95. The van der Waals surface area contributed by atoms with Crippen molar-refractivity contribution >= 4 is 11.6 Å². The summed E-state index contributed by atoms with van der Waals surface area (Å²) in [4.78, 5) is 0. The molecule has 0 saturated carbocycles. The average molecular weight is 279 g/mol. The molecule has 0 aliphatic carbocycles. The van der Waals surface area contributed by atoms with Crippen LogP contribution in [0.4, 0.5) is 0 Å². The molecule has 3 nitrogen and oxygen atoms in total. The summed E-state index contributed by atoms with van der Waals surface area (Å²) in [5.74, 6) is 0.886. The second kappa shape index (κ2) is 9.54. The van der Waals surface area contributed by atoms with Gasteiger partial charge >= 0.3 is 0 Å². The molecular formula is C12H18Cl2NO2-. The number of rotatable bonds is 7. The highest BCUT2D eigenvalue weighted by Gasteiger charge is 2.03. The van der Waals surface area contributed by atoms with Gasteiger partial charge in [0.05, 0.1) is 13.2 Å². The Bertz CT molecular complexity index is 321. The van der Waals surface area contributed by atoms with Crippen LogP contribution >= 0.6 is 11.6 Å². The van der Waals surface area contributed by atoms with Crippen LogP contribution in [0.5, 0.6) is 5.75 Å². The number of hydrogen-bond donors (Lipinski definition) is 1. The Morgan fingerprint density at radius 3 is 2.76 bits per heavy atom. The molecule has 0 aromatic heterocycles. The van der Waals surface area contributed by atoms with Crippen molar-refractivity contribution in [3.8, 4) is 5.75 Å². The van der Waals surface area contributed by atoms with Crippen LogP contribution in [0.2, 0.25) is 5.02 Å². The van der Waals surface area contributed by atoms with E-state index in [9.17, 15) is 0 Å². The van der Waals surface area contributed by atoms with Gasteiger partial charge in [0.15, 0.2) is 0 Å². The van der Waals surface area contributed by atoms with Gasteiger partial charge in [0, 0.05) is 30.8 Å². The number of hydrogen-bond acceptors (Lipinski definition) is 3. The van der Waals surface area contributed by atoms with Crippen molar-refractivity contribution in [2.75, 3.05) is 26.9 Å². The van der Waals surface area contributed by atoms with E-state index in [0.29, 0.717) is 13.2 Å². The smallest absolute Gasteiger partial charge is 0.123 e. The van der Waals surface area contributed by atoms with E-state index in [-0.39, 0.29) is 12.4 Å². The maximum atomic E-state index is 5.95. The highest BCUT2D eigenvalue weighted by Crippen LogP contribution is 2.22. The van der Waals surface area contributed by atoms with E-state index < -0.39 is 0 Å². The van der Waals surface area contributed by atoms with E-state index in [1.54, 1.807) is 7.11 Å². The topological polar surface area (TPSA) is 30.5 Å². The molecule has 0 aliphatic rings. The van der Waals surface area contributed by atoms with Gasteiger partial charge in [-0.2, -0.15) is 0 Å². The quantitative estimate of drug-likeness (QED) is 0.681. The van der Waals surface area contributed by atoms with E-state index in [0.717, 1.165) is 29.4 Å². The lowest BCUT2D eigenvalue weighted by Gasteiger charge is -2.11. The van der Waals surface area contributed by atoms with E-state index in [1.165, 1.54) is 0 Å². The normalized spacial score (nSPS) is 9.82. The minimum Gasteiger partial charge on any atom is -1.00 e. The molecule has 0 fully saturated rings. The largest absolute Gasteiger partial charge is 1.00 e. The average Bonchev–Trinajstić information content (AvgIpc) is 2.28. The van der Waals surface area contributed by atoms with Gasteiger partial charge in [-0.05, 0) is 25.1 Å². The Labute approximate surface area is 114 Å². The van der Waals surface area contributed by atoms with Gasteiger partial charge in [0.2, 0.25) is 0 Å². The maximum Gasteiger partial charge on any atom is 0.123 e. The lowest BCUT2D eigenvalue weighted by molar-refractivity contribution is -0.00000415. The van der Waals surface area contributed by atoms with Gasteiger partial charge < -0.3 is 27.2 Å². The van der Waals surface area contributed by atoms with Crippen molar-refractivity contribution in [3.63, 3.8) is 0 Å². The van der Waals surface area contributed by atoms with Crippen molar-refractivity contribution in [1.82, 2.24) is 5.32 Å². The van der Waals surface area contributed by atoms with Crippen LogP contribution in [0, 0.1) is 0 Å². The molecule has 0 aliphatic heterocycles. The van der Waals surface area contributed by atoms with Gasteiger partial charge in [-0.1, -0.05) is 11.6 Å². The Hall–Kier alpha value is -0.480. The van der Waals surface area contributed by atoms with Crippen LogP contribution in [0.3, 0.4) is 0 Å². The second-order valence-electron chi connectivity index (χ2n) is 3.35. The molecule has 98 valence electrons. The molecule has 17 heavy (non-hydrogen) atoms. The van der Waals surface area contributed by atoms with Crippen LogP contribution < -0.4 is 22.5 Å². The van der Waals surface area contributed by atoms with Crippen LogP contribution in [0.25, 0.3) is 0 Å². The van der Waals surface area contributed by atoms with Crippen LogP contribution in [-0.4, -0.2) is 26.9 Å². The summed E-state index contributed by atoms with van der Waals surface area (Å²) in [5.41, 5.74) is 1.07. The molecule has 0 heterocycles. The molecule has 0 spiro atoms. The van der Waals surface area contributed by atoms with Gasteiger partial charge in [0.25, 0.3) is 0 Å². The van der Waals surface area contributed by atoms with Crippen LogP contribution in [0.15, 0.2) is 18.2 Å². The number of nitrogens with one attached hydrogen (secondary N) is 1. The summed E-state index contributed by atoms with van der Waals surface area (Å²) in [6.07, 6.45) is 0. The second-order valence-corrected chi connectivity index (χ2v) is 3.79. The van der Waals surface area contributed by atoms with Crippen LogP contribution in [0.1, 0.15) is 12.5 Å². The van der Waals surface area contributed by atoms with E-state index in [1.807, 2.05) is 25.1 Å². The molecule has 0 radical (unpaired) electrons. The molecule has 5 heteroatoms. The molecule has 1 N–H and O–H groups in total. The molecule has 0 amide bonds. The summed E-state index contributed by atoms with van der Waals surface area (Å²) >= 11 is 5.95. The first-order valence-corrected chi connectivity index (χ1v) is 5.76. The van der Waals surface area contributed by atoms with E-state index >= 15 is 0 Å². The van der Waals surface area contributed by atoms with E-state index in [4.69, 9.17) is 21.1 Å². The predicted molar refractivity (Wildman–Crippen MR) is 66.2 cm³/mol. The predicted octanol–water partition coefficient (Wildman–Crippen LogP) is -0.521. The van der Waals surface area contributed by atoms with Crippen LogP contribution in [-0.2, 0) is 11.3 Å². The molecule has 0 unspecified atom stereocenters. The highest BCUT2D eigenvalue weighted by atomic mass is 35.5. The SMILES string of the molecule is CCOc1ccc(Cl)cc1CNCCOC.[Cl-]. The monoisotopic (exact) mass is 278 g/mol. The minimum atomic E-state index is 0. The molecule has 0 saturated heterocycles. The molecule has 0 atom stereocenters. The zero-order chi connectivity index (χ0) is 11.8. The van der Waals surface area contributed by atoms with Gasteiger partial charge in [-0.3, -0.25) is 0 Å². The summed E-state index contributed by atoms with van der Waals surface area (Å²) < 4.78 is 10.5. The molecular weight excluding hydrogens is 261 g/mol. The number of halogens is 2. The third-order valence-electron chi connectivity index (χ3n) is 2.12. The highest BCUT2D eigenvalue weighted by molar-refractivity contribution is 6.30. The van der Waals surface area contributed by atoms with Crippen molar-refractivity contribution in [3.05, 3.63) is 28.8 Å². The van der Waals surface area contributed by atoms with Crippen molar-refractivity contribution in [2.45, 2.75) is 13.5 Å². The number of benzene rings is 1. The van der Waals surface area contributed by atoms with Gasteiger partial charge in [0.1, 0.15) is 5.75 Å². The number of ether oxygens (including phenoxy) is 2. The van der Waals surface area contributed by atoms with Crippen molar-refractivity contribution in [2.24, 2.45) is 0 Å². The van der Waals surface area contributed by atoms with Crippen molar-refractivity contribution in [1.29, 1.82) is 0 Å². The third-order valence-corrected chi connectivity index (χ3v) is 2.36. The Morgan fingerprint density at radius 1 is 1.35 bits per heavy atom. The Kier molecular flexibility index (Phi) is 9.27. The summed E-state index contributed by atoms with van der Waals surface area (Å²) in [6.45, 7) is 4.88. The summed E-state index contributed by atoms with van der Waals surface area (Å²) in [7, 11) is 1.69. The zero-order valence-electron chi connectivity index (χ0n) is 10.1. The number of methoxy groups -OCH3 is 1. The fourth-order valence-electron chi connectivity index (χ4n) is 1.38. The summed E-state index contributed by atoms with van der Waals surface area (Å²) in [5, 5.41) is 3.99. The lowest BCUT2D eigenvalue weighted by Crippen LogP contribution is -3.00. The fraction of sp³-hybridized carbons (Fsp3) is 0.500. The van der Waals surface area contributed by atoms with E-state index in [2.05, 4.69) is 5.32 Å². The Morgan fingerprint density at radius 2 is 2.12 bits per heavy atom. The van der Waals surface area contributed by atoms with Gasteiger partial charge in [-0.25, -0.2) is 0 Å². The standard InChI is InChI=1S/C12H18ClNO2.ClH/c1-3-16-12-5-4-11(13)8-10(12)9-14-6-7-15-2;/h4-5,8,14H,3,6-7,9H2,1-2H3;1H/p-1. The van der Waals surface area contributed by atoms with Crippen molar-refractivity contribution < 1.29 is 21.9 Å². The fourth-order valence-corrected chi connectivity index (χ4v) is 1.57. The minimum absolute atomic E-state index is 0. The first-order valence-electron chi connectivity index (χ1n) is 5.38. The zero-order valence-corrected chi connectivity index (χ0v) is 11.6. The lowest BCUT2D eigenvalue weighted by atomic mass is 10.2. The summed E-state index contributed by atoms with van der Waals surface area (Å²) in [6, 6.07) is 5.66. The molecule has 0 bridgehead atoms. The molecule has 1 rings (SSSR count). The molecule has 1 aromatic rings. The molecule has 1 aromatic carbocycles. The first kappa shape index (κ1) is 16.5. The first-order chi connectivity index (χ1) is 7.77.